The van der Waals surface area contributed by atoms with Crippen molar-refractivity contribution in [1.82, 2.24) is 15.0 Å². The van der Waals surface area contributed by atoms with Gasteiger partial charge in [0.25, 0.3) is 0 Å². The van der Waals surface area contributed by atoms with E-state index in [1.54, 1.807) is 18.5 Å². The van der Waals surface area contributed by atoms with Crippen LogP contribution in [-0.4, -0.2) is 21.2 Å². The minimum Gasteiger partial charge on any atom is -0.453 e. The summed E-state index contributed by atoms with van der Waals surface area (Å²) in [6, 6.07) is 17.5. The first-order valence-corrected chi connectivity index (χ1v) is 14.5. The molecule has 0 aliphatic carbocycles. The molecule has 0 radical (unpaired) electrons. The van der Waals surface area contributed by atoms with Gasteiger partial charge in [0.05, 0.1) is 17.2 Å². The van der Waals surface area contributed by atoms with Crippen molar-refractivity contribution in [3.63, 3.8) is 0 Å². The molecule has 5 rings (SSSR count). The fourth-order valence-electron chi connectivity index (χ4n) is 5.05. The quantitative estimate of drug-likeness (QED) is 0.0791. The molecule has 41 heavy (non-hydrogen) atoms. The summed E-state index contributed by atoms with van der Waals surface area (Å²) in [5.41, 5.74) is 2.71. The highest BCUT2D eigenvalue weighted by Gasteiger charge is 2.21. The maximum atomic E-state index is 15.0. The van der Waals surface area contributed by atoms with Crippen LogP contribution in [0.1, 0.15) is 66.1 Å². The number of rotatable bonds is 12. The number of hydrogen-bond donors (Lipinski definition) is 2. The highest BCUT2D eigenvalue weighted by atomic mass is 127. The van der Waals surface area contributed by atoms with Gasteiger partial charge in [0, 0.05) is 51.0 Å². The number of nitrogens with one attached hydrogen (secondary N) is 2. The summed E-state index contributed by atoms with van der Waals surface area (Å²) in [5.74, 6) is -0.924. The van der Waals surface area contributed by atoms with Gasteiger partial charge in [0.1, 0.15) is 17.4 Å². The number of ether oxygens (including phenoxy) is 1. The summed E-state index contributed by atoms with van der Waals surface area (Å²) < 4.78 is 36.9. The van der Waals surface area contributed by atoms with Gasteiger partial charge in [-0.3, -0.25) is 4.79 Å². The van der Waals surface area contributed by atoms with Crippen LogP contribution >= 0.6 is 22.6 Å². The zero-order valence-electron chi connectivity index (χ0n) is 22.1. The number of H-pyrrole nitrogens is 2. The number of carbonyl (C=O) groups is 1. The van der Waals surface area contributed by atoms with E-state index in [4.69, 9.17) is 10.00 Å². The molecule has 0 bridgehead atoms. The molecule has 0 saturated carbocycles. The lowest BCUT2D eigenvalue weighted by Crippen LogP contribution is -2.03. The smallest absolute Gasteiger partial charge is 0.174 e. The van der Waals surface area contributed by atoms with Gasteiger partial charge in [-0.25, -0.2) is 13.8 Å². The first kappa shape index (κ1) is 28.5. The molecule has 0 spiro atoms. The second-order valence-corrected chi connectivity index (χ2v) is 11.1. The Balaban J connectivity index is 1.42. The lowest BCUT2D eigenvalue weighted by Gasteiger charge is -2.16. The first-order valence-electron chi connectivity index (χ1n) is 13.4. The van der Waals surface area contributed by atoms with E-state index in [1.165, 1.54) is 24.3 Å². The number of fused-ring (bicyclic) bond motifs is 1. The van der Waals surface area contributed by atoms with Gasteiger partial charge in [0.2, 0.25) is 0 Å². The number of unbranched alkanes of at least 4 members (excludes halogenated alkanes) is 4. The fraction of sp³-hybridized carbons (Fsp3) is 0.219. The molecule has 2 heterocycles. The van der Waals surface area contributed by atoms with E-state index in [9.17, 15) is 9.18 Å². The van der Waals surface area contributed by atoms with Crippen LogP contribution < -0.4 is 4.74 Å². The highest BCUT2D eigenvalue weighted by molar-refractivity contribution is 14.1. The molecule has 2 aromatic heterocycles. The summed E-state index contributed by atoms with van der Waals surface area (Å²) in [6.07, 6.45) is 9.23. The zero-order chi connectivity index (χ0) is 28.8. The van der Waals surface area contributed by atoms with E-state index in [1.807, 2.05) is 12.1 Å². The highest BCUT2D eigenvalue weighted by Crippen LogP contribution is 2.36. The number of benzene rings is 3. The van der Waals surface area contributed by atoms with Crippen molar-refractivity contribution in [2.75, 3.05) is 0 Å². The monoisotopic (exact) mass is 664 g/mol. The number of nitriles is 1. The third-order valence-electron chi connectivity index (χ3n) is 7.09. The molecule has 1 atom stereocenters. The minimum absolute atomic E-state index is 0.0294. The van der Waals surface area contributed by atoms with Crippen molar-refractivity contribution in [2.24, 2.45) is 0 Å². The van der Waals surface area contributed by atoms with Crippen LogP contribution in [0.3, 0.4) is 0 Å². The molecule has 0 aliphatic rings. The average molecular weight is 664 g/mol. The molecule has 2 N–H and O–H groups in total. The molecule has 5 aromatic rings. The van der Waals surface area contributed by atoms with Crippen molar-refractivity contribution in [2.45, 2.75) is 44.4 Å². The zero-order valence-corrected chi connectivity index (χ0v) is 24.3. The number of imidazole rings is 1. The van der Waals surface area contributed by atoms with E-state index in [2.05, 4.69) is 55.7 Å². The number of carbonyl (C=O) groups excluding carboxylic acids is 1. The number of aromatic amines is 2. The Labute approximate surface area is 249 Å². The molecule has 6 nitrogen and oxygen atoms in total. The Morgan fingerprint density at radius 3 is 2.71 bits per heavy atom. The summed E-state index contributed by atoms with van der Waals surface area (Å²) >= 11 is 2.29. The van der Waals surface area contributed by atoms with Crippen molar-refractivity contribution in [1.29, 1.82) is 5.26 Å². The van der Waals surface area contributed by atoms with Crippen molar-refractivity contribution in [3.05, 3.63) is 99.0 Å². The van der Waals surface area contributed by atoms with Crippen molar-refractivity contribution in [3.8, 4) is 29.0 Å². The molecule has 0 aliphatic heterocycles. The number of halogens is 3. The molecule has 208 valence electrons. The molecular weight excluding hydrogens is 637 g/mol. The summed E-state index contributed by atoms with van der Waals surface area (Å²) in [4.78, 5) is 22.5. The second kappa shape index (κ2) is 13.1. The van der Waals surface area contributed by atoms with Crippen LogP contribution in [0.25, 0.3) is 22.3 Å². The van der Waals surface area contributed by atoms with E-state index < -0.39 is 11.6 Å². The van der Waals surface area contributed by atoms with Crippen LogP contribution in [0, 0.1) is 26.5 Å². The van der Waals surface area contributed by atoms with Gasteiger partial charge >= 0.3 is 0 Å². The van der Waals surface area contributed by atoms with Crippen molar-refractivity contribution >= 4 is 39.8 Å². The van der Waals surface area contributed by atoms with Gasteiger partial charge in [-0.15, -0.1) is 0 Å². The summed E-state index contributed by atoms with van der Waals surface area (Å²) in [5, 5.41) is 9.31. The third-order valence-corrected chi connectivity index (χ3v) is 7.76. The van der Waals surface area contributed by atoms with E-state index in [0.717, 1.165) is 46.9 Å². The largest absolute Gasteiger partial charge is 0.453 e. The van der Waals surface area contributed by atoms with Gasteiger partial charge < -0.3 is 14.7 Å². The van der Waals surface area contributed by atoms with Gasteiger partial charge in [0.15, 0.2) is 17.9 Å². The Morgan fingerprint density at radius 2 is 1.90 bits per heavy atom. The molecule has 9 heteroatoms. The maximum absolute atomic E-state index is 15.0. The number of hydrogen-bond acceptors (Lipinski definition) is 4. The Hall–Kier alpha value is -4.04. The number of nitrogens with zero attached hydrogens (tertiary/aromatic N) is 2. The van der Waals surface area contributed by atoms with Gasteiger partial charge in [-0.1, -0.05) is 31.4 Å². The normalized spacial score (nSPS) is 11.9. The molecule has 1 unspecified atom stereocenters. The van der Waals surface area contributed by atoms with Crippen LogP contribution in [-0.2, 0) is 0 Å². The van der Waals surface area contributed by atoms with Crippen LogP contribution in [0.5, 0.6) is 11.5 Å². The topological polar surface area (TPSA) is 94.6 Å². The molecule has 0 fully saturated rings. The van der Waals surface area contributed by atoms with E-state index >= 15 is 4.39 Å². The molecule has 0 amide bonds. The predicted octanol–water partition coefficient (Wildman–Crippen LogP) is 9.04. The Morgan fingerprint density at radius 1 is 1.05 bits per heavy atom. The van der Waals surface area contributed by atoms with E-state index in [-0.39, 0.29) is 28.5 Å². The average Bonchev–Trinajstić information content (AvgIpc) is 3.64. The standard InChI is InChI=1S/C32H27F2IN4O2/c33-27-11-10-22(41-31-26(19-40)24-12-14-37-29(24)17-28(31)34)16-25(27)32-38-18-30(39-32)23(9-4-2-1-3-5-13-36)20-7-6-8-21(35)15-20/h6-8,10-12,14-19,23,37H,1-5,9H2,(H,38,39). The number of aromatic nitrogens is 3. The van der Waals surface area contributed by atoms with Crippen LogP contribution in [0.4, 0.5) is 8.78 Å². The third kappa shape index (κ3) is 6.49. The molecule has 0 saturated heterocycles. The van der Waals surface area contributed by atoms with Crippen molar-refractivity contribution < 1.29 is 18.3 Å². The summed E-state index contributed by atoms with van der Waals surface area (Å²) in [6.45, 7) is 0. The SMILES string of the molecule is N#CCCCCCCC(c1cccc(I)c1)c1cnc(-c2cc(Oc3c(F)cc4[nH]ccc4c3C=O)ccc2F)[nH]1. The maximum Gasteiger partial charge on any atom is 0.174 e. The Kier molecular flexibility index (Phi) is 9.09. The van der Waals surface area contributed by atoms with Crippen LogP contribution in [0.2, 0.25) is 0 Å². The Bertz CT molecular complexity index is 1720. The lowest BCUT2D eigenvalue weighted by atomic mass is 9.90. The van der Waals surface area contributed by atoms with Gasteiger partial charge in [-0.05, 0) is 77.4 Å². The molecule has 3 aromatic carbocycles. The van der Waals surface area contributed by atoms with Crippen LogP contribution in [0.15, 0.2) is 67.0 Å². The van der Waals surface area contributed by atoms with Gasteiger partial charge in [-0.2, -0.15) is 5.26 Å². The number of aldehydes is 1. The predicted molar refractivity (Wildman–Crippen MR) is 162 cm³/mol. The fourth-order valence-corrected chi connectivity index (χ4v) is 5.62. The minimum atomic E-state index is -0.707. The summed E-state index contributed by atoms with van der Waals surface area (Å²) in [7, 11) is 0. The first-order chi connectivity index (χ1) is 20.0. The van der Waals surface area contributed by atoms with E-state index in [0.29, 0.717) is 29.4 Å². The lowest BCUT2D eigenvalue weighted by molar-refractivity contribution is 0.112. The molecular formula is C32H27F2IN4O2. The second-order valence-electron chi connectivity index (χ2n) is 9.81.